The first-order chi connectivity index (χ1) is 7.57. The van der Waals surface area contributed by atoms with Crippen LogP contribution in [-0.4, -0.2) is 11.5 Å². The van der Waals surface area contributed by atoms with Gasteiger partial charge < -0.3 is 5.32 Å². The summed E-state index contributed by atoms with van der Waals surface area (Å²) >= 11 is 1.88. The van der Waals surface area contributed by atoms with Gasteiger partial charge in [0.15, 0.2) is 0 Å². The van der Waals surface area contributed by atoms with Crippen LogP contribution in [0.25, 0.3) is 0 Å². The predicted molar refractivity (Wildman–Crippen MR) is 70.0 cm³/mol. The standard InChI is InChI=1S/C13H22N2S/c1-5-6-14-13(7-9(2)8-13)12-15-10(3)11(4)16-12/h9,14H,5-8H2,1-4H3. The van der Waals surface area contributed by atoms with E-state index in [4.69, 9.17) is 4.98 Å². The van der Waals surface area contributed by atoms with Gasteiger partial charge in [0.05, 0.1) is 11.2 Å². The number of nitrogens with one attached hydrogen (secondary N) is 1. The van der Waals surface area contributed by atoms with Gasteiger partial charge in [-0.05, 0) is 45.6 Å². The Morgan fingerprint density at radius 1 is 1.44 bits per heavy atom. The highest BCUT2D eigenvalue weighted by Gasteiger charge is 2.45. The van der Waals surface area contributed by atoms with Crippen LogP contribution in [-0.2, 0) is 5.54 Å². The van der Waals surface area contributed by atoms with E-state index < -0.39 is 0 Å². The van der Waals surface area contributed by atoms with E-state index in [-0.39, 0.29) is 5.54 Å². The van der Waals surface area contributed by atoms with Gasteiger partial charge in [-0.1, -0.05) is 13.8 Å². The topological polar surface area (TPSA) is 24.9 Å². The lowest BCUT2D eigenvalue weighted by Crippen LogP contribution is -2.52. The van der Waals surface area contributed by atoms with Crippen molar-refractivity contribution < 1.29 is 0 Å². The van der Waals surface area contributed by atoms with Gasteiger partial charge in [-0.25, -0.2) is 4.98 Å². The minimum atomic E-state index is 0.207. The molecule has 0 unspecified atom stereocenters. The third kappa shape index (κ3) is 2.03. The summed E-state index contributed by atoms with van der Waals surface area (Å²) < 4.78 is 0. The summed E-state index contributed by atoms with van der Waals surface area (Å²) in [5.74, 6) is 0.842. The highest BCUT2D eigenvalue weighted by molar-refractivity contribution is 7.11. The molecule has 0 saturated heterocycles. The number of hydrogen-bond acceptors (Lipinski definition) is 3. The molecule has 1 aromatic rings. The molecular formula is C13H22N2S. The smallest absolute Gasteiger partial charge is 0.113 e. The van der Waals surface area contributed by atoms with E-state index in [1.165, 1.54) is 34.8 Å². The average molecular weight is 238 g/mol. The molecule has 1 aliphatic rings. The van der Waals surface area contributed by atoms with Crippen LogP contribution in [0.4, 0.5) is 0 Å². The molecule has 2 rings (SSSR count). The Balaban J connectivity index is 2.19. The second-order valence-electron chi connectivity index (χ2n) is 5.18. The summed E-state index contributed by atoms with van der Waals surface area (Å²) in [6.45, 7) is 9.95. The summed E-state index contributed by atoms with van der Waals surface area (Å²) in [4.78, 5) is 6.12. The molecule has 0 atom stereocenters. The van der Waals surface area contributed by atoms with Crippen LogP contribution < -0.4 is 5.32 Å². The lowest BCUT2D eigenvalue weighted by Gasteiger charge is -2.46. The van der Waals surface area contributed by atoms with Crippen LogP contribution in [0.2, 0.25) is 0 Å². The van der Waals surface area contributed by atoms with E-state index in [2.05, 4.69) is 33.0 Å². The highest BCUT2D eigenvalue weighted by atomic mass is 32.1. The van der Waals surface area contributed by atoms with Crippen molar-refractivity contribution in [1.82, 2.24) is 10.3 Å². The summed E-state index contributed by atoms with van der Waals surface area (Å²) in [5, 5.41) is 5.03. The zero-order valence-corrected chi connectivity index (χ0v) is 11.6. The van der Waals surface area contributed by atoms with Crippen molar-refractivity contribution in [3.63, 3.8) is 0 Å². The molecule has 0 aliphatic heterocycles. The normalized spacial score (nSPS) is 29.1. The molecule has 1 fully saturated rings. The summed E-state index contributed by atoms with van der Waals surface area (Å²) in [7, 11) is 0. The van der Waals surface area contributed by atoms with Gasteiger partial charge in [-0.3, -0.25) is 0 Å². The predicted octanol–water partition coefficient (Wildman–Crippen LogP) is 3.38. The molecule has 1 heterocycles. The van der Waals surface area contributed by atoms with Crippen molar-refractivity contribution in [2.24, 2.45) is 5.92 Å². The molecule has 0 amide bonds. The van der Waals surface area contributed by atoms with E-state index in [0.29, 0.717) is 0 Å². The van der Waals surface area contributed by atoms with Gasteiger partial charge in [0.2, 0.25) is 0 Å². The zero-order chi connectivity index (χ0) is 11.8. The van der Waals surface area contributed by atoms with Crippen LogP contribution in [0.5, 0.6) is 0 Å². The first-order valence-corrected chi connectivity index (χ1v) is 7.08. The fourth-order valence-corrected chi connectivity index (χ4v) is 3.67. The molecule has 3 heteroatoms. The molecule has 0 spiro atoms. The third-order valence-electron chi connectivity index (χ3n) is 3.55. The molecule has 1 aromatic heterocycles. The second-order valence-corrected chi connectivity index (χ2v) is 6.39. The second kappa shape index (κ2) is 4.46. The highest BCUT2D eigenvalue weighted by Crippen LogP contribution is 2.46. The van der Waals surface area contributed by atoms with Gasteiger partial charge >= 0.3 is 0 Å². The Morgan fingerprint density at radius 3 is 2.56 bits per heavy atom. The maximum absolute atomic E-state index is 4.75. The molecular weight excluding hydrogens is 216 g/mol. The number of rotatable bonds is 4. The van der Waals surface area contributed by atoms with Crippen molar-refractivity contribution in [1.29, 1.82) is 0 Å². The lowest BCUT2D eigenvalue weighted by atomic mass is 9.69. The SMILES string of the molecule is CCCNC1(c2nc(C)c(C)s2)CC(C)C1. The van der Waals surface area contributed by atoms with Crippen LogP contribution in [0, 0.1) is 19.8 Å². The Labute approximate surface area is 102 Å². The minimum absolute atomic E-state index is 0.207. The Morgan fingerprint density at radius 2 is 2.12 bits per heavy atom. The molecule has 2 nitrogen and oxygen atoms in total. The first kappa shape index (κ1) is 12.1. The summed E-state index contributed by atoms with van der Waals surface area (Å²) in [6.07, 6.45) is 3.69. The van der Waals surface area contributed by atoms with E-state index in [0.717, 1.165) is 12.5 Å². The monoisotopic (exact) mass is 238 g/mol. The molecule has 1 aliphatic carbocycles. The molecule has 16 heavy (non-hydrogen) atoms. The van der Waals surface area contributed by atoms with Gasteiger partial charge in [-0.15, -0.1) is 11.3 Å². The number of thiazole rings is 1. The minimum Gasteiger partial charge on any atom is -0.305 e. The van der Waals surface area contributed by atoms with Crippen molar-refractivity contribution in [3.05, 3.63) is 15.6 Å². The fourth-order valence-electron chi connectivity index (χ4n) is 2.57. The van der Waals surface area contributed by atoms with E-state index in [9.17, 15) is 0 Å². The van der Waals surface area contributed by atoms with Crippen molar-refractivity contribution >= 4 is 11.3 Å². The fraction of sp³-hybridized carbons (Fsp3) is 0.769. The van der Waals surface area contributed by atoms with Crippen LogP contribution in [0.1, 0.15) is 48.7 Å². The van der Waals surface area contributed by atoms with Gasteiger partial charge in [0, 0.05) is 4.88 Å². The number of aromatic nitrogens is 1. The molecule has 90 valence electrons. The van der Waals surface area contributed by atoms with Gasteiger partial charge in [-0.2, -0.15) is 0 Å². The maximum atomic E-state index is 4.75. The largest absolute Gasteiger partial charge is 0.305 e. The van der Waals surface area contributed by atoms with Crippen molar-refractivity contribution in [3.8, 4) is 0 Å². The lowest BCUT2D eigenvalue weighted by molar-refractivity contribution is 0.114. The number of hydrogen-bond donors (Lipinski definition) is 1. The molecule has 0 aromatic carbocycles. The van der Waals surface area contributed by atoms with Gasteiger partial charge in [0.1, 0.15) is 5.01 Å². The zero-order valence-electron chi connectivity index (χ0n) is 10.8. The van der Waals surface area contributed by atoms with Crippen LogP contribution >= 0.6 is 11.3 Å². The average Bonchev–Trinajstić information content (AvgIpc) is 2.52. The quantitative estimate of drug-likeness (QED) is 0.870. The molecule has 1 saturated carbocycles. The van der Waals surface area contributed by atoms with E-state index >= 15 is 0 Å². The number of nitrogens with zero attached hydrogens (tertiary/aromatic N) is 1. The Bertz CT molecular complexity index is 345. The third-order valence-corrected chi connectivity index (χ3v) is 4.82. The van der Waals surface area contributed by atoms with E-state index in [1.807, 2.05) is 11.3 Å². The summed E-state index contributed by atoms with van der Waals surface area (Å²) in [6, 6.07) is 0. The Kier molecular flexibility index (Phi) is 3.36. The molecule has 1 N–H and O–H groups in total. The Hall–Kier alpha value is -0.410. The maximum Gasteiger partial charge on any atom is 0.113 e. The number of aryl methyl sites for hydroxylation is 2. The van der Waals surface area contributed by atoms with E-state index in [1.54, 1.807) is 0 Å². The molecule has 0 radical (unpaired) electrons. The van der Waals surface area contributed by atoms with Gasteiger partial charge in [0.25, 0.3) is 0 Å². The van der Waals surface area contributed by atoms with Crippen LogP contribution in [0.15, 0.2) is 0 Å². The first-order valence-electron chi connectivity index (χ1n) is 6.27. The van der Waals surface area contributed by atoms with Crippen molar-refractivity contribution in [2.75, 3.05) is 6.54 Å². The van der Waals surface area contributed by atoms with Crippen LogP contribution in [0.3, 0.4) is 0 Å². The summed E-state index contributed by atoms with van der Waals surface area (Å²) in [5.41, 5.74) is 1.41. The van der Waals surface area contributed by atoms with Crippen molar-refractivity contribution in [2.45, 2.75) is 52.5 Å². The molecule has 0 bridgehead atoms.